The predicted octanol–water partition coefficient (Wildman–Crippen LogP) is 4.49. The van der Waals surface area contributed by atoms with Gasteiger partial charge in [0, 0.05) is 10.6 Å². The Morgan fingerprint density at radius 1 is 1.24 bits per heavy atom. The Balaban J connectivity index is 1.74. The predicted molar refractivity (Wildman–Crippen MR) is 90.9 cm³/mol. The lowest BCUT2D eigenvalue weighted by atomic mass is 10.2. The van der Waals surface area contributed by atoms with Gasteiger partial charge in [-0.2, -0.15) is 0 Å². The summed E-state index contributed by atoms with van der Waals surface area (Å²) in [6.45, 7) is -0.0409. The van der Waals surface area contributed by atoms with Crippen LogP contribution in [0, 0.1) is 10.1 Å². The number of ether oxygens (including phenoxy) is 2. The minimum atomic E-state index is -0.535. The number of nitro benzene ring substituents is 1. The van der Waals surface area contributed by atoms with Gasteiger partial charge in [0.15, 0.2) is 18.1 Å². The van der Waals surface area contributed by atoms with Crippen molar-refractivity contribution in [3.05, 3.63) is 69.7 Å². The molecule has 8 heteroatoms. The van der Waals surface area contributed by atoms with Crippen LogP contribution < -0.4 is 9.47 Å². The summed E-state index contributed by atoms with van der Waals surface area (Å²) in [6.07, 6.45) is 1.56. The van der Waals surface area contributed by atoms with E-state index in [0.717, 1.165) is 5.56 Å². The number of nitro groups is 1. The fourth-order valence-electron chi connectivity index (χ4n) is 2.15. The highest BCUT2D eigenvalue weighted by atomic mass is 35.5. The summed E-state index contributed by atoms with van der Waals surface area (Å²) >= 11 is 5.85. The fraction of sp³-hybridized carbons (Fsp3) is 0.118. The maximum Gasteiger partial charge on any atom is 0.314 e. The number of benzene rings is 2. The molecule has 0 radical (unpaired) electrons. The molecule has 0 aliphatic heterocycles. The number of methoxy groups -OCH3 is 1. The van der Waals surface area contributed by atoms with Gasteiger partial charge >= 0.3 is 5.69 Å². The molecule has 0 bridgehead atoms. The average molecular weight is 361 g/mol. The highest BCUT2D eigenvalue weighted by Crippen LogP contribution is 2.31. The van der Waals surface area contributed by atoms with Crippen molar-refractivity contribution >= 4 is 17.3 Å². The van der Waals surface area contributed by atoms with Crippen LogP contribution in [0.25, 0.3) is 11.3 Å². The van der Waals surface area contributed by atoms with Crippen molar-refractivity contribution < 1.29 is 18.8 Å². The summed E-state index contributed by atoms with van der Waals surface area (Å²) in [4.78, 5) is 14.7. The van der Waals surface area contributed by atoms with Crippen molar-refractivity contribution in [2.24, 2.45) is 0 Å². The number of oxazole rings is 1. The van der Waals surface area contributed by atoms with Gasteiger partial charge in [-0.05, 0) is 36.4 Å². The van der Waals surface area contributed by atoms with Crippen molar-refractivity contribution in [2.75, 3.05) is 7.11 Å². The van der Waals surface area contributed by atoms with Gasteiger partial charge in [0.05, 0.1) is 24.3 Å². The van der Waals surface area contributed by atoms with E-state index in [2.05, 4.69) is 4.98 Å². The standard InChI is InChI=1S/C17H13ClN2O5/c1-23-13-6-7-15(14(8-13)20(21)22)24-10-17-19-9-16(25-17)11-2-4-12(18)5-3-11/h2-9H,10H2,1H3. The summed E-state index contributed by atoms with van der Waals surface area (Å²) in [5.41, 5.74) is 0.627. The van der Waals surface area contributed by atoms with Gasteiger partial charge in [-0.15, -0.1) is 0 Å². The zero-order chi connectivity index (χ0) is 17.8. The van der Waals surface area contributed by atoms with E-state index in [1.807, 2.05) is 12.1 Å². The summed E-state index contributed by atoms with van der Waals surface area (Å²) < 4.78 is 16.1. The van der Waals surface area contributed by atoms with Crippen LogP contribution in [0.1, 0.15) is 5.89 Å². The first-order valence-corrected chi connectivity index (χ1v) is 7.60. The number of rotatable bonds is 6. The third-order valence-electron chi connectivity index (χ3n) is 3.40. The number of halogens is 1. The van der Waals surface area contributed by atoms with Crippen LogP contribution in [0.4, 0.5) is 5.69 Å². The zero-order valence-corrected chi connectivity index (χ0v) is 13.9. The minimum absolute atomic E-state index is 0.0409. The maximum absolute atomic E-state index is 11.1. The van der Waals surface area contributed by atoms with E-state index in [1.165, 1.54) is 19.2 Å². The molecule has 3 aromatic rings. The average Bonchev–Trinajstić information content (AvgIpc) is 3.09. The van der Waals surface area contributed by atoms with E-state index < -0.39 is 4.92 Å². The summed E-state index contributed by atoms with van der Waals surface area (Å²) in [5.74, 6) is 1.34. The second kappa shape index (κ2) is 7.23. The third-order valence-corrected chi connectivity index (χ3v) is 3.65. The summed E-state index contributed by atoms with van der Waals surface area (Å²) in [7, 11) is 1.44. The van der Waals surface area contributed by atoms with Crippen LogP contribution in [0.5, 0.6) is 11.5 Å². The summed E-state index contributed by atoms with van der Waals surface area (Å²) in [6, 6.07) is 11.5. The highest BCUT2D eigenvalue weighted by molar-refractivity contribution is 6.30. The van der Waals surface area contributed by atoms with Crippen LogP contribution >= 0.6 is 11.6 Å². The van der Waals surface area contributed by atoms with Gasteiger partial charge in [0.1, 0.15) is 5.75 Å². The zero-order valence-electron chi connectivity index (χ0n) is 13.1. The van der Waals surface area contributed by atoms with Crippen LogP contribution in [0.2, 0.25) is 5.02 Å². The Kier molecular flexibility index (Phi) is 4.85. The molecule has 0 saturated carbocycles. The van der Waals surface area contributed by atoms with Gasteiger partial charge < -0.3 is 13.9 Å². The number of hydrogen-bond donors (Lipinski definition) is 0. The molecule has 0 atom stereocenters. The van der Waals surface area contributed by atoms with E-state index in [0.29, 0.717) is 22.4 Å². The van der Waals surface area contributed by atoms with Crippen LogP contribution in [0.15, 0.2) is 53.1 Å². The quantitative estimate of drug-likeness (QED) is 0.475. The van der Waals surface area contributed by atoms with E-state index in [-0.39, 0.29) is 18.0 Å². The SMILES string of the molecule is COc1ccc(OCc2ncc(-c3ccc(Cl)cc3)o2)c([N+](=O)[O-])c1. The Morgan fingerprint density at radius 2 is 2.00 bits per heavy atom. The van der Waals surface area contributed by atoms with Crippen molar-refractivity contribution in [3.63, 3.8) is 0 Å². The van der Waals surface area contributed by atoms with Crippen molar-refractivity contribution in [3.8, 4) is 22.8 Å². The van der Waals surface area contributed by atoms with Crippen molar-refractivity contribution in [2.45, 2.75) is 6.61 Å². The second-order valence-corrected chi connectivity index (χ2v) is 5.44. The largest absolute Gasteiger partial charge is 0.496 e. The lowest BCUT2D eigenvalue weighted by molar-refractivity contribution is -0.386. The molecule has 1 heterocycles. The van der Waals surface area contributed by atoms with E-state index >= 15 is 0 Å². The number of aromatic nitrogens is 1. The van der Waals surface area contributed by atoms with E-state index in [4.69, 9.17) is 25.5 Å². The lowest BCUT2D eigenvalue weighted by Gasteiger charge is -2.06. The molecule has 25 heavy (non-hydrogen) atoms. The smallest absolute Gasteiger partial charge is 0.314 e. The molecule has 2 aromatic carbocycles. The Hall–Kier alpha value is -3.06. The van der Waals surface area contributed by atoms with E-state index in [9.17, 15) is 10.1 Å². The molecule has 0 unspecified atom stereocenters. The Bertz CT molecular complexity index is 892. The van der Waals surface area contributed by atoms with Gasteiger partial charge in [0.2, 0.25) is 5.89 Å². The fourth-order valence-corrected chi connectivity index (χ4v) is 2.28. The molecule has 3 rings (SSSR count). The molecule has 128 valence electrons. The molecular formula is C17H13ClN2O5. The number of nitrogens with zero attached hydrogens (tertiary/aromatic N) is 2. The molecule has 0 spiro atoms. The first-order valence-electron chi connectivity index (χ1n) is 7.22. The summed E-state index contributed by atoms with van der Waals surface area (Å²) in [5, 5.41) is 11.8. The molecule has 0 fully saturated rings. The molecular weight excluding hydrogens is 348 g/mol. The van der Waals surface area contributed by atoms with Crippen LogP contribution in [-0.2, 0) is 6.61 Å². The highest BCUT2D eigenvalue weighted by Gasteiger charge is 2.17. The van der Waals surface area contributed by atoms with Gasteiger partial charge in [-0.1, -0.05) is 11.6 Å². The maximum atomic E-state index is 11.1. The van der Waals surface area contributed by atoms with Crippen molar-refractivity contribution in [1.82, 2.24) is 4.98 Å². The Labute approximate surface area is 147 Å². The molecule has 0 aliphatic rings. The normalized spacial score (nSPS) is 10.5. The first kappa shape index (κ1) is 16.8. The minimum Gasteiger partial charge on any atom is -0.496 e. The lowest BCUT2D eigenvalue weighted by Crippen LogP contribution is -1.99. The molecule has 1 aromatic heterocycles. The molecule has 0 saturated heterocycles. The second-order valence-electron chi connectivity index (χ2n) is 5.00. The Morgan fingerprint density at radius 3 is 2.68 bits per heavy atom. The monoisotopic (exact) mass is 360 g/mol. The first-order chi connectivity index (χ1) is 12.1. The molecule has 0 amide bonds. The topological polar surface area (TPSA) is 87.6 Å². The molecule has 0 N–H and O–H groups in total. The van der Waals surface area contributed by atoms with Crippen molar-refractivity contribution in [1.29, 1.82) is 0 Å². The van der Waals surface area contributed by atoms with Gasteiger partial charge in [-0.3, -0.25) is 10.1 Å². The van der Waals surface area contributed by atoms with Gasteiger partial charge in [-0.25, -0.2) is 4.98 Å². The van der Waals surface area contributed by atoms with E-state index in [1.54, 1.807) is 24.4 Å². The number of hydrogen-bond acceptors (Lipinski definition) is 6. The van der Waals surface area contributed by atoms with Gasteiger partial charge in [0.25, 0.3) is 0 Å². The van der Waals surface area contributed by atoms with Crippen LogP contribution in [0.3, 0.4) is 0 Å². The third kappa shape index (κ3) is 3.89. The molecule has 0 aliphatic carbocycles. The van der Waals surface area contributed by atoms with Crippen LogP contribution in [-0.4, -0.2) is 17.0 Å². The molecule has 7 nitrogen and oxygen atoms in total.